The standard InChI is InChI=1S/C11H10ClN3O2S/c12-8-5-6-14-11(7-8)15-18(16,17)10-4-2-1-3-9(10)13/h1-7H,13H2,(H,14,15). The number of rotatable bonds is 3. The summed E-state index contributed by atoms with van der Waals surface area (Å²) in [4.78, 5) is 3.87. The average Bonchev–Trinajstić information content (AvgIpc) is 2.28. The molecule has 0 bridgehead atoms. The Morgan fingerprint density at radius 1 is 1.22 bits per heavy atom. The highest BCUT2D eigenvalue weighted by molar-refractivity contribution is 7.92. The number of para-hydroxylation sites is 1. The number of aromatic nitrogens is 1. The molecule has 3 N–H and O–H groups in total. The molecular weight excluding hydrogens is 274 g/mol. The van der Waals surface area contributed by atoms with Gasteiger partial charge in [0.2, 0.25) is 0 Å². The van der Waals surface area contributed by atoms with Crippen LogP contribution >= 0.6 is 11.6 Å². The first kappa shape index (κ1) is 12.7. The van der Waals surface area contributed by atoms with Crippen molar-refractivity contribution in [2.75, 3.05) is 10.5 Å². The van der Waals surface area contributed by atoms with Gasteiger partial charge in [0.15, 0.2) is 0 Å². The fourth-order valence-electron chi connectivity index (χ4n) is 1.38. The molecule has 18 heavy (non-hydrogen) atoms. The van der Waals surface area contributed by atoms with E-state index in [4.69, 9.17) is 17.3 Å². The number of benzene rings is 1. The van der Waals surface area contributed by atoms with Gasteiger partial charge in [-0.25, -0.2) is 13.4 Å². The van der Waals surface area contributed by atoms with Crippen molar-refractivity contribution in [2.24, 2.45) is 0 Å². The van der Waals surface area contributed by atoms with Crippen LogP contribution in [0.4, 0.5) is 11.5 Å². The van der Waals surface area contributed by atoms with Gasteiger partial charge >= 0.3 is 0 Å². The second-order valence-electron chi connectivity index (χ2n) is 3.50. The van der Waals surface area contributed by atoms with Crippen molar-refractivity contribution < 1.29 is 8.42 Å². The molecule has 0 spiro atoms. The first-order valence-electron chi connectivity index (χ1n) is 4.98. The zero-order valence-corrected chi connectivity index (χ0v) is 10.7. The van der Waals surface area contributed by atoms with E-state index in [1.54, 1.807) is 18.2 Å². The highest BCUT2D eigenvalue weighted by Crippen LogP contribution is 2.21. The van der Waals surface area contributed by atoms with E-state index in [0.717, 1.165) is 0 Å². The number of pyridine rings is 1. The number of nitrogens with one attached hydrogen (secondary N) is 1. The summed E-state index contributed by atoms with van der Waals surface area (Å²) >= 11 is 5.75. The Morgan fingerprint density at radius 2 is 1.94 bits per heavy atom. The molecule has 0 unspecified atom stereocenters. The number of hydrogen-bond acceptors (Lipinski definition) is 4. The minimum absolute atomic E-state index is 0.00627. The van der Waals surface area contributed by atoms with Crippen molar-refractivity contribution in [3.63, 3.8) is 0 Å². The fraction of sp³-hybridized carbons (Fsp3) is 0. The molecule has 0 saturated carbocycles. The number of nitrogen functional groups attached to an aromatic ring is 1. The summed E-state index contributed by atoms with van der Waals surface area (Å²) < 4.78 is 26.4. The smallest absolute Gasteiger partial charge is 0.265 e. The highest BCUT2D eigenvalue weighted by atomic mass is 35.5. The van der Waals surface area contributed by atoms with E-state index in [1.165, 1.54) is 24.4 Å². The Morgan fingerprint density at radius 3 is 2.61 bits per heavy atom. The summed E-state index contributed by atoms with van der Waals surface area (Å²) in [5.41, 5.74) is 5.80. The normalized spacial score (nSPS) is 11.2. The van der Waals surface area contributed by atoms with Crippen LogP contribution in [0.15, 0.2) is 47.5 Å². The van der Waals surface area contributed by atoms with Crippen molar-refractivity contribution in [3.8, 4) is 0 Å². The summed E-state index contributed by atoms with van der Waals surface area (Å²) in [6, 6.07) is 9.15. The molecule has 0 amide bonds. The molecule has 7 heteroatoms. The number of hydrogen-bond donors (Lipinski definition) is 2. The maximum absolute atomic E-state index is 12.1. The van der Waals surface area contributed by atoms with E-state index in [-0.39, 0.29) is 16.4 Å². The summed E-state index contributed by atoms with van der Waals surface area (Å²) in [6.07, 6.45) is 1.41. The van der Waals surface area contributed by atoms with Crippen LogP contribution in [0, 0.1) is 0 Å². The molecule has 0 aliphatic heterocycles. The van der Waals surface area contributed by atoms with Crippen LogP contribution in [0.25, 0.3) is 0 Å². The molecule has 1 aromatic carbocycles. The Kier molecular flexibility index (Phi) is 3.40. The number of halogens is 1. The second kappa shape index (κ2) is 4.83. The van der Waals surface area contributed by atoms with Gasteiger partial charge in [-0.05, 0) is 18.2 Å². The zero-order valence-electron chi connectivity index (χ0n) is 9.17. The van der Waals surface area contributed by atoms with Crippen molar-refractivity contribution in [2.45, 2.75) is 4.90 Å². The molecule has 0 atom stereocenters. The topological polar surface area (TPSA) is 85.1 Å². The molecule has 0 aliphatic rings. The predicted octanol–water partition coefficient (Wildman–Crippen LogP) is 2.12. The molecular formula is C11H10ClN3O2S. The Balaban J connectivity index is 2.37. The second-order valence-corrected chi connectivity index (χ2v) is 5.59. The van der Waals surface area contributed by atoms with E-state index in [0.29, 0.717) is 5.02 Å². The molecule has 5 nitrogen and oxygen atoms in total. The van der Waals surface area contributed by atoms with E-state index >= 15 is 0 Å². The third-order valence-electron chi connectivity index (χ3n) is 2.17. The molecule has 0 radical (unpaired) electrons. The first-order chi connectivity index (χ1) is 8.49. The van der Waals surface area contributed by atoms with Crippen LogP contribution in [0.3, 0.4) is 0 Å². The van der Waals surface area contributed by atoms with Crippen molar-refractivity contribution in [1.29, 1.82) is 0 Å². The van der Waals surface area contributed by atoms with Crippen LogP contribution < -0.4 is 10.5 Å². The van der Waals surface area contributed by atoms with Crippen LogP contribution in [0.1, 0.15) is 0 Å². The number of anilines is 2. The lowest BCUT2D eigenvalue weighted by atomic mass is 10.3. The van der Waals surface area contributed by atoms with E-state index in [9.17, 15) is 8.42 Å². The largest absolute Gasteiger partial charge is 0.398 e. The van der Waals surface area contributed by atoms with Crippen LogP contribution in [0.2, 0.25) is 5.02 Å². The summed E-state index contributed by atoms with van der Waals surface area (Å²) in [7, 11) is -3.76. The number of nitrogens with two attached hydrogens (primary N) is 1. The van der Waals surface area contributed by atoms with Gasteiger partial charge in [0.05, 0.1) is 5.69 Å². The summed E-state index contributed by atoms with van der Waals surface area (Å²) in [5.74, 6) is 0.144. The minimum Gasteiger partial charge on any atom is -0.398 e. The van der Waals surface area contributed by atoms with Gasteiger partial charge in [0.1, 0.15) is 10.7 Å². The van der Waals surface area contributed by atoms with Gasteiger partial charge in [-0.15, -0.1) is 0 Å². The lowest BCUT2D eigenvalue weighted by Gasteiger charge is -2.09. The highest BCUT2D eigenvalue weighted by Gasteiger charge is 2.17. The van der Waals surface area contributed by atoms with E-state index in [1.807, 2.05) is 0 Å². The Hall–Kier alpha value is -1.79. The SMILES string of the molecule is Nc1ccccc1S(=O)(=O)Nc1cc(Cl)ccn1. The minimum atomic E-state index is -3.76. The molecule has 0 fully saturated rings. The lowest BCUT2D eigenvalue weighted by molar-refractivity contribution is 0.601. The summed E-state index contributed by atoms with van der Waals surface area (Å²) in [6.45, 7) is 0. The Labute approximate surface area is 110 Å². The molecule has 1 aromatic heterocycles. The summed E-state index contributed by atoms with van der Waals surface area (Å²) in [5, 5.41) is 0.392. The maximum atomic E-state index is 12.1. The van der Waals surface area contributed by atoms with Crippen molar-refractivity contribution >= 4 is 33.1 Å². The molecule has 0 saturated heterocycles. The quantitative estimate of drug-likeness (QED) is 0.845. The molecule has 0 aliphatic carbocycles. The van der Waals surface area contributed by atoms with Gasteiger partial charge in [-0.2, -0.15) is 0 Å². The predicted molar refractivity (Wildman–Crippen MR) is 70.9 cm³/mol. The van der Waals surface area contributed by atoms with Gasteiger partial charge in [0.25, 0.3) is 10.0 Å². The average molecular weight is 284 g/mol. The molecule has 1 heterocycles. The molecule has 2 aromatic rings. The maximum Gasteiger partial charge on any atom is 0.265 e. The van der Waals surface area contributed by atoms with Crippen LogP contribution in [0.5, 0.6) is 0 Å². The van der Waals surface area contributed by atoms with Gasteiger partial charge < -0.3 is 5.73 Å². The van der Waals surface area contributed by atoms with Crippen LogP contribution in [-0.2, 0) is 10.0 Å². The van der Waals surface area contributed by atoms with Crippen molar-refractivity contribution in [3.05, 3.63) is 47.6 Å². The monoisotopic (exact) mass is 283 g/mol. The zero-order chi connectivity index (χ0) is 13.2. The van der Waals surface area contributed by atoms with Crippen molar-refractivity contribution in [1.82, 2.24) is 4.98 Å². The van der Waals surface area contributed by atoms with Crippen LogP contribution in [-0.4, -0.2) is 13.4 Å². The fourth-order valence-corrected chi connectivity index (χ4v) is 2.67. The molecule has 94 valence electrons. The molecule has 2 rings (SSSR count). The van der Waals surface area contributed by atoms with Gasteiger partial charge in [-0.1, -0.05) is 23.7 Å². The van der Waals surface area contributed by atoms with Gasteiger partial charge in [-0.3, -0.25) is 4.72 Å². The number of sulfonamides is 1. The first-order valence-corrected chi connectivity index (χ1v) is 6.84. The number of nitrogens with zero attached hydrogens (tertiary/aromatic N) is 1. The van der Waals surface area contributed by atoms with E-state index < -0.39 is 10.0 Å². The van der Waals surface area contributed by atoms with Gasteiger partial charge in [0, 0.05) is 17.3 Å². The Bertz CT molecular complexity index is 673. The third-order valence-corrected chi connectivity index (χ3v) is 3.83. The lowest BCUT2D eigenvalue weighted by Crippen LogP contribution is -2.15. The third kappa shape index (κ3) is 2.72. The van der Waals surface area contributed by atoms with E-state index in [2.05, 4.69) is 9.71 Å².